The van der Waals surface area contributed by atoms with Gasteiger partial charge in [-0.15, -0.1) is 0 Å². The number of aromatic nitrogens is 1. The van der Waals surface area contributed by atoms with Crippen molar-refractivity contribution in [2.75, 3.05) is 25.6 Å². The number of fused-ring (bicyclic) bond motifs is 1. The zero-order valence-electron chi connectivity index (χ0n) is 17.6. The number of nitrogens with one attached hydrogen (secondary N) is 3. The van der Waals surface area contributed by atoms with Crippen molar-refractivity contribution in [2.24, 2.45) is 0 Å². The van der Waals surface area contributed by atoms with Gasteiger partial charge in [-0.3, -0.25) is 15.2 Å². The van der Waals surface area contributed by atoms with Crippen molar-refractivity contribution in [3.63, 3.8) is 0 Å². The van der Waals surface area contributed by atoms with Crippen LogP contribution in [0.25, 0.3) is 0 Å². The van der Waals surface area contributed by atoms with Crippen LogP contribution in [0.2, 0.25) is 0 Å². The number of sulfonamides is 1. The Labute approximate surface area is 191 Å². The third kappa shape index (κ3) is 3.96. The molecule has 14 heteroatoms. The van der Waals surface area contributed by atoms with Crippen LogP contribution in [-0.4, -0.2) is 55.1 Å². The molecule has 1 unspecified atom stereocenters. The zero-order valence-corrected chi connectivity index (χ0v) is 18.4. The molecule has 2 fully saturated rings. The van der Waals surface area contributed by atoms with Crippen LogP contribution < -0.4 is 10.6 Å². The molecule has 0 aliphatic carbocycles. The average Bonchev–Trinajstić information content (AvgIpc) is 2.78. The van der Waals surface area contributed by atoms with Crippen molar-refractivity contribution in [2.45, 2.75) is 23.4 Å². The number of carbonyl (C=O) groups is 1. The second kappa shape index (κ2) is 8.20. The van der Waals surface area contributed by atoms with Crippen LogP contribution in [0.3, 0.4) is 0 Å². The molecule has 182 valence electrons. The highest BCUT2D eigenvalue weighted by atomic mass is 32.2. The van der Waals surface area contributed by atoms with Gasteiger partial charge in [0.2, 0.25) is 16.0 Å². The number of hydrogen-bond donors (Lipinski definition) is 3. The van der Waals surface area contributed by atoms with Gasteiger partial charge in [-0.25, -0.2) is 17.1 Å². The molecule has 2 atom stereocenters. The minimum Gasteiger partial charge on any atom is -0.380 e. The SMILES string of the molecule is CN1C(=N)N[C@@]2(c3cc(NC(=O)c4ccc(C(F)(F)F)cn4)ccc3F)CCOCC2S1(=O)=O. The smallest absolute Gasteiger partial charge is 0.380 e. The molecule has 3 heterocycles. The van der Waals surface area contributed by atoms with Crippen LogP contribution in [0, 0.1) is 11.2 Å². The number of guanidine groups is 1. The fourth-order valence-electron chi connectivity index (χ4n) is 4.03. The molecule has 1 aromatic carbocycles. The summed E-state index contributed by atoms with van der Waals surface area (Å²) in [4.78, 5) is 16.0. The van der Waals surface area contributed by atoms with Gasteiger partial charge >= 0.3 is 6.18 Å². The lowest BCUT2D eigenvalue weighted by Gasteiger charge is -2.50. The predicted octanol–water partition coefficient (Wildman–Crippen LogP) is 2.28. The van der Waals surface area contributed by atoms with Crippen LogP contribution in [0.15, 0.2) is 36.5 Å². The van der Waals surface area contributed by atoms with E-state index < -0.39 is 50.2 Å². The van der Waals surface area contributed by atoms with Crippen LogP contribution in [-0.2, 0) is 26.5 Å². The summed E-state index contributed by atoms with van der Waals surface area (Å²) in [6, 6.07) is 5.10. The first kappa shape index (κ1) is 23.9. The molecule has 2 saturated heterocycles. The Hall–Kier alpha value is -3.26. The molecule has 9 nitrogen and oxygen atoms in total. The molecule has 0 bridgehead atoms. The van der Waals surface area contributed by atoms with Crippen molar-refractivity contribution >= 4 is 27.6 Å². The fraction of sp³-hybridized carbons (Fsp3) is 0.350. The Morgan fingerprint density at radius 2 is 2.06 bits per heavy atom. The molecular formula is C20H19F4N5O4S. The lowest BCUT2D eigenvalue weighted by Crippen LogP contribution is -2.70. The lowest BCUT2D eigenvalue weighted by atomic mass is 9.81. The summed E-state index contributed by atoms with van der Waals surface area (Å²) in [5, 5.41) is 12.1. The van der Waals surface area contributed by atoms with Crippen LogP contribution in [0.1, 0.15) is 28.0 Å². The summed E-state index contributed by atoms with van der Waals surface area (Å²) in [6.45, 7) is -0.139. The van der Waals surface area contributed by atoms with E-state index in [1.165, 1.54) is 19.2 Å². The van der Waals surface area contributed by atoms with Crippen molar-refractivity contribution in [1.29, 1.82) is 5.41 Å². The van der Waals surface area contributed by atoms with Gasteiger partial charge in [-0.05, 0) is 36.8 Å². The highest BCUT2D eigenvalue weighted by Gasteiger charge is 2.56. The summed E-state index contributed by atoms with van der Waals surface area (Å²) in [5.74, 6) is -2.05. The first-order chi connectivity index (χ1) is 15.9. The average molecular weight is 501 g/mol. The number of ether oxygens (including phenoxy) is 1. The van der Waals surface area contributed by atoms with Gasteiger partial charge in [0.05, 0.1) is 17.7 Å². The Balaban J connectivity index is 1.68. The fourth-order valence-corrected chi connectivity index (χ4v) is 5.79. The van der Waals surface area contributed by atoms with E-state index in [9.17, 15) is 26.4 Å². The maximum atomic E-state index is 15.0. The molecule has 2 aliphatic rings. The second-order valence-corrected chi connectivity index (χ2v) is 10.00. The number of anilines is 1. The molecule has 3 N–H and O–H groups in total. The number of amides is 1. The van der Waals surface area contributed by atoms with Gasteiger partial charge in [0, 0.05) is 31.1 Å². The van der Waals surface area contributed by atoms with Gasteiger partial charge in [-0.1, -0.05) is 0 Å². The molecule has 1 amide bonds. The molecule has 1 aromatic heterocycles. The van der Waals surface area contributed by atoms with Gasteiger partial charge in [0.1, 0.15) is 16.8 Å². The van der Waals surface area contributed by atoms with Gasteiger partial charge < -0.3 is 15.4 Å². The Bertz CT molecular complexity index is 1250. The minimum atomic E-state index is -4.61. The molecule has 0 spiro atoms. The quantitative estimate of drug-likeness (QED) is 0.555. The van der Waals surface area contributed by atoms with Gasteiger partial charge in [0.15, 0.2) is 0 Å². The number of nitrogens with zero attached hydrogens (tertiary/aromatic N) is 2. The van der Waals surface area contributed by atoms with Crippen LogP contribution in [0.4, 0.5) is 23.2 Å². The third-order valence-electron chi connectivity index (χ3n) is 5.89. The molecular weight excluding hydrogens is 482 g/mol. The van der Waals surface area contributed by atoms with E-state index in [4.69, 9.17) is 10.1 Å². The maximum Gasteiger partial charge on any atom is 0.417 e. The van der Waals surface area contributed by atoms with E-state index in [1.807, 2.05) is 0 Å². The normalized spacial score (nSPS) is 24.2. The number of hydrogen-bond acceptors (Lipinski definition) is 6. The standard InChI is InChI=1S/C20H19F4N5O4S/c1-29-18(25)28-19(6-7-33-10-16(19)34(29,31)32)13-8-12(3-4-14(13)21)27-17(30)15-5-2-11(9-26-15)20(22,23)24/h2-5,8-9,16H,6-7,10H2,1H3,(H2,25,28)(H,27,30)/t16?,19-/m1/s1. The van der Waals surface area contributed by atoms with E-state index in [-0.39, 0.29) is 36.6 Å². The number of halogens is 4. The first-order valence-electron chi connectivity index (χ1n) is 9.93. The Morgan fingerprint density at radius 1 is 1.32 bits per heavy atom. The highest BCUT2D eigenvalue weighted by molar-refractivity contribution is 7.90. The van der Waals surface area contributed by atoms with Crippen molar-refractivity contribution in [3.8, 4) is 0 Å². The van der Waals surface area contributed by atoms with Gasteiger partial charge in [-0.2, -0.15) is 13.2 Å². The molecule has 4 rings (SSSR count). The highest BCUT2D eigenvalue weighted by Crippen LogP contribution is 2.42. The summed E-state index contributed by atoms with van der Waals surface area (Å²) in [6.07, 6.45) is -4.06. The molecule has 0 radical (unpaired) electrons. The van der Waals surface area contributed by atoms with E-state index >= 15 is 4.39 Å². The Morgan fingerprint density at radius 3 is 2.71 bits per heavy atom. The zero-order chi connectivity index (χ0) is 24.9. The maximum absolute atomic E-state index is 15.0. The van der Waals surface area contributed by atoms with E-state index in [1.54, 1.807) is 0 Å². The van der Waals surface area contributed by atoms with Crippen LogP contribution in [0.5, 0.6) is 0 Å². The summed E-state index contributed by atoms with van der Waals surface area (Å²) in [7, 11) is -2.86. The first-order valence-corrected chi connectivity index (χ1v) is 11.4. The number of benzene rings is 1. The van der Waals surface area contributed by atoms with Crippen LogP contribution >= 0.6 is 0 Å². The minimum absolute atomic E-state index is 0.0297. The van der Waals surface area contributed by atoms with E-state index in [0.717, 1.165) is 16.4 Å². The molecule has 2 aromatic rings. The van der Waals surface area contributed by atoms with Crippen molar-refractivity contribution < 1.29 is 35.5 Å². The number of pyridine rings is 1. The third-order valence-corrected chi connectivity index (χ3v) is 8.09. The molecule has 2 aliphatic heterocycles. The van der Waals surface area contributed by atoms with Gasteiger partial charge in [0.25, 0.3) is 5.91 Å². The van der Waals surface area contributed by atoms with Crippen molar-refractivity contribution in [1.82, 2.24) is 14.6 Å². The number of carbonyl (C=O) groups excluding carboxylic acids is 1. The number of alkyl halides is 3. The predicted molar refractivity (Wildman–Crippen MR) is 112 cm³/mol. The monoisotopic (exact) mass is 501 g/mol. The lowest BCUT2D eigenvalue weighted by molar-refractivity contribution is -0.137. The van der Waals surface area contributed by atoms with Crippen molar-refractivity contribution in [3.05, 3.63) is 59.2 Å². The summed E-state index contributed by atoms with van der Waals surface area (Å²) in [5.41, 5.74) is -2.89. The van der Waals surface area contributed by atoms with E-state index in [2.05, 4.69) is 15.6 Å². The van der Waals surface area contributed by atoms with E-state index in [0.29, 0.717) is 12.3 Å². The number of rotatable bonds is 3. The summed E-state index contributed by atoms with van der Waals surface area (Å²) >= 11 is 0. The second-order valence-electron chi connectivity index (χ2n) is 7.85. The topological polar surface area (TPSA) is 124 Å². The molecule has 0 saturated carbocycles. The molecule has 34 heavy (non-hydrogen) atoms. The largest absolute Gasteiger partial charge is 0.417 e. The Kier molecular flexibility index (Phi) is 5.76. The summed E-state index contributed by atoms with van der Waals surface area (Å²) < 4.78 is 85.2.